The van der Waals surface area contributed by atoms with Gasteiger partial charge in [0, 0.05) is 22.0 Å². The normalized spacial score (nSPS) is 15.8. The monoisotopic (exact) mass is 432 g/mol. The van der Waals surface area contributed by atoms with Crippen molar-refractivity contribution in [2.75, 3.05) is 5.32 Å². The molecule has 1 heterocycles. The van der Waals surface area contributed by atoms with E-state index in [0.717, 1.165) is 39.0 Å². The Morgan fingerprint density at radius 2 is 1.70 bits per heavy atom. The minimum Gasteiger partial charge on any atom is -0.507 e. The maximum absolute atomic E-state index is 10.8. The highest BCUT2D eigenvalue weighted by atomic mass is 35.5. The van der Waals surface area contributed by atoms with Crippen LogP contribution < -0.4 is 5.32 Å². The highest BCUT2D eigenvalue weighted by Gasteiger charge is 2.25. The van der Waals surface area contributed by atoms with Crippen LogP contribution in [0.1, 0.15) is 23.6 Å². The fourth-order valence-electron chi connectivity index (χ4n) is 4.01. The average Bonchev–Trinajstić information content (AvgIpc) is 2.93. The predicted octanol–water partition coefficient (Wildman–Crippen LogP) is 7.53. The molecule has 0 radical (unpaired) electrons. The molecule has 1 aliphatic heterocycles. The van der Waals surface area contributed by atoms with Crippen LogP contribution in [-0.2, 0) is 0 Å². The largest absolute Gasteiger partial charge is 0.507 e. The van der Waals surface area contributed by atoms with Gasteiger partial charge in [0.1, 0.15) is 5.75 Å². The van der Waals surface area contributed by atoms with Crippen LogP contribution in [0, 0.1) is 0 Å². The van der Waals surface area contributed by atoms with Crippen molar-refractivity contribution >= 4 is 51.1 Å². The molecule has 0 spiro atoms. The van der Waals surface area contributed by atoms with Crippen LogP contribution in [0.4, 0.5) is 11.4 Å². The Kier molecular flexibility index (Phi) is 4.86. The molecule has 5 rings (SSSR count). The number of aromatic hydroxyl groups is 1. The van der Waals surface area contributed by atoms with Gasteiger partial charge in [-0.25, -0.2) is 0 Å². The molecule has 1 unspecified atom stereocenters. The van der Waals surface area contributed by atoms with Gasteiger partial charge < -0.3 is 10.4 Å². The third-order valence-electron chi connectivity index (χ3n) is 5.42. The number of para-hydroxylation sites is 2. The van der Waals surface area contributed by atoms with E-state index >= 15 is 0 Å². The lowest BCUT2D eigenvalue weighted by molar-refractivity contribution is 0.475. The highest BCUT2D eigenvalue weighted by molar-refractivity contribution is 6.35. The summed E-state index contributed by atoms with van der Waals surface area (Å²) in [6.45, 7) is 0. The molecule has 148 valence electrons. The number of hydrogen-bond acceptors (Lipinski definition) is 3. The van der Waals surface area contributed by atoms with E-state index in [1.54, 1.807) is 12.1 Å². The van der Waals surface area contributed by atoms with Crippen molar-refractivity contribution in [3.63, 3.8) is 0 Å². The standard InChI is InChI=1S/C25H18Cl2N2O/c26-16-10-11-18(19(27)13-16)22-14-23(29-21-8-4-3-7-20(21)28-22)25-17-6-2-1-5-15(17)9-12-24(25)30/h1-13,22,28,30H,14H2. The van der Waals surface area contributed by atoms with Crippen LogP contribution in [0.3, 0.4) is 0 Å². The zero-order valence-electron chi connectivity index (χ0n) is 15.9. The molecule has 5 heteroatoms. The minimum atomic E-state index is -0.129. The second-order valence-corrected chi connectivity index (χ2v) is 8.17. The summed E-state index contributed by atoms with van der Waals surface area (Å²) in [7, 11) is 0. The van der Waals surface area contributed by atoms with E-state index in [1.165, 1.54) is 0 Å². The molecular weight excluding hydrogens is 415 g/mol. The molecule has 0 aromatic heterocycles. The molecule has 0 bridgehead atoms. The van der Waals surface area contributed by atoms with Gasteiger partial charge in [-0.1, -0.05) is 71.7 Å². The summed E-state index contributed by atoms with van der Waals surface area (Å²) >= 11 is 12.7. The number of nitrogens with zero attached hydrogens (tertiary/aromatic N) is 1. The molecule has 0 aliphatic carbocycles. The number of benzene rings is 4. The average molecular weight is 433 g/mol. The number of rotatable bonds is 2. The number of phenols is 1. The summed E-state index contributed by atoms with van der Waals surface area (Å²) in [5.41, 5.74) is 4.24. The van der Waals surface area contributed by atoms with Crippen molar-refractivity contribution in [3.8, 4) is 5.75 Å². The fraction of sp³-hybridized carbons (Fsp3) is 0.0800. The topological polar surface area (TPSA) is 44.6 Å². The third-order valence-corrected chi connectivity index (χ3v) is 5.98. The maximum atomic E-state index is 10.8. The number of hydrogen-bond donors (Lipinski definition) is 2. The minimum absolute atomic E-state index is 0.129. The molecule has 2 N–H and O–H groups in total. The maximum Gasteiger partial charge on any atom is 0.125 e. The van der Waals surface area contributed by atoms with E-state index < -0.39 is 0 Å². The Hall–Kier alpha value is -3.01. The summed E-state index contributed by atoms with van der Waals surface area (Å²) in [4.78, 5) is 4.97. The van der Waals surface area contributed by atoms with Crippen molar-refractivity contribution < 1.29 is 5.11 Å². The Morgan fingerprint density at radius 1 is 0.900 bits per heavy atom. The van der Waals surface area contributed by atoms with E-state index in [0.29, 0.717) is 16.5 Å². The van der Waals surface area contributed by atoms with Gasteiger partial charge >= 0.3 is 0 Å². The lowest BCUT2D eigenvalue weighted by Crippen LogP contribution is -2.15. The number of halogens is 2. The van der Waals surface area contributed by atoms with Crippen LogP contribution in [-0.4, -0.2) is 10.8 Å². The van der Waals surface area contributed by atoms with Gasteiger partial charge in [-0.3, -0.25) is 4.99 Å². The molecule has 1 aliphatic rings. The fourth-order valence-corrected chi connectivity index (χ4v) is 4.55. The number of phenolic OH excluding ortho intramolecular Hbond substituents is 1. The molecule has 0 fully saturated rings. The number of aliphatic imine (C=N–C) groups is 1. The SMILES string of the molecule is Oc1ccc2ccccc2c1C1=Nc2ccccc2NC(c2ccc(Cl)cc2Cl)C1. The Balaban J connectivity index is 1.72. The molecule has 0 saturated carbocycles. The first-order valence-corrected chi connectivity index (χ1v) is 10.4. The first-order chi connectivity index (χ1) is 14.6. The molecule has 0 amide bonds. The Labute approximate surface area is 184 Å². The van der Waals surface area contributed by atoms with Crippen molar-refractivity contribution in [1.29, 1.82) is 0 Å². The molecule has 4 aromatic rings. The number of anilines is 1. The smallest absolute Gasteiger partial charge is 0.125 e. The second kappa shape index (κ2) is 7.67. The first-order valence-electron chi connectivity index (χ1n) is 9.69. The van der Waals surface area contributed by atoms with E-state index in [1.807, 2.05) is 66.7 Å². The van der Waals surface area contributed by atoms with Crippen molar-refractivity contribution in [1.82, 2.24) is 0 Å². The van der Waals surface area contributed by atoms with Gasteiger partial charge in [0.15, 0.2) is 0 Å². The first kappa shape index (κ1) is 19.0. The van der Waals surface area contributed by atoms with Crippen molar-refractivity contribution in [2.24, 2.45) is 4.99 Å². The molecule has 1 atom stereocenters. The van der Waals surface area contributed by atoms with Crippen LogP contribution in [0.2, 0.25) is 10.0 Å². The van der Waals surface area contributed by atoms with Gasteiger partial charge in [-0.2, -0.15) is 0 Å². The molecule has 3 nitrogen and oxygen atoms in total. The zero-order valence-corrected chi connectivity index (χ0v) is 17.5. The number of fused-ring (bicyclic) bond motifs is 2. The van der Waals surface area contributed by atoms with Gasteiger partial charge in [0.25, 0.3) is 0 Å². The van der Waals surface area contributed by atoms with E-state index in [4.69, 9.17) is 28.2 Å². The predicted molar refractivity (Wildman–Crippen MR) is 126 cm³/mol. The Bertz CT molecular complexity index is 1300. The van der Waals surface area contributed by atoms with Gasteiger partial charge in [-0.15, -0.1) is 0 Å². The number of nitrogens with one attached hydrogen (secondary N) is 1. The third kappa shape index (κ3) is 3.41. The Morgan fingerprint density at radius 3 is 2.57 bits per heavy atom. The summed E-state index contributed by atoms with van der Waals surface area (Å²) < 4.78 is 0. The van der Waals surface area contributed by atoms with Crippen LogP contribution >= 0.6 is 23.2 Å². The summed E-state index contributed by atoms with van der Waals surface area (Å²) in [5.74, 6) is 0.216. The lowest BCUT2D eigenvalue weighted by atomic mass is 9.93. The zero-order chi connectivity index (χ0) is 20.7. The molecule has 0 saturated heterocycles. The second-order valence-electron chi connectivity index (χ2n) is 7.32. The van der Waals surface area contributed by atoms with Crippen molar-refractivity contribution in [2.45, 2.75) is 12.5 Å². The quantitative estimate of drug-likeness (QED) is 0.343. The van der Waals surface area contributed by atoms with Crippen LogP contribution in [0.25, 0.3) is 10.8 Å². The molecular formula is C25H18Cl2N2O. The lowest BCUT2D eigenvalue weighted by Gasteiger charge is -2.21. The summed E-state index contributed by atoms with van der Waals surface area (Å²) in [5, 5.41) is 17.6. The van der Waals surface area contributed by atoms with Gasteiger partial charge in [-0.05, 0) is 46.7 Å². The van der Waals surface area contributed by atoms with Crippen LogP contribution in [0.5, 0.6) is 5.75 Å². The highest BCUT2D eigenvalue weighted by Crippen LogP contribution is 2.40. The van der Waals surface area contributed by atoms with Crippen molar-refractivity contribution in [3.05, 3.63) is 100 Å². The molecule has 30 heavy (non-hydrogen) atoms. The van der Waals surface area contributed by atoms with E-state index in [-0.39, 0.29) is 11.8 Å². The van der Waals surface area contributed by atoms with Crippen LogP contribution in [0.15, 0.2) is 83.9 Å². The van der Waals surface area contributed by atoms with E-state index in [2.05, 4.69) is 5.32 Å². The van der Waals surface area contributed by atoms with Gasteiger partial charge in [0.05, 0.1) is 23.1 Å². The van der Waals surface area contributed by atoms with Gasteiger partial charge in [0.2, 0.25) is 0 Å². The summed E-state index contributed by atoms with van der Waals surface area (Å²) in [6.07, 6.45) is 0.553. The summed E-state index contributed by atoms with van der Waals surface area (Å²) in [6, 6.07) is 25.0. The van der Waals surface area contributed by atoms with E-state index in [9.17, 15) is 5.11 Å². The molecule has 4 aromatic carbocycles.